The molecule has 0 radical (unpaired) electrons. The Hall–Kier alpha value is -1.52. The van der Waals surface area contributed by atoms with Gasteiger partial charge in [0.1, 0.15) is 12.2 Å². The van der Waals surface area contributed by atoms with Crippen LogP contribution in [0.25, 0.3) is 0 Å². The zero-order valence-corrected chi connectivity index (χ0v) is 13.0. The van der Waals surface area contributed by atoms with E-state index in [2.05, 4.69) is 4.74 Å². The molecule has 3 heterocycles. The Morgan fingerprint density at radius 2 is 1.88 bits per heavy atom. The van der Waals surface area contributed by atoms with Crippen LogP contribution in [0.2, 0.25) is 0 Å². The minimum absolute atomic E-state index is 0.617. The van der Waals surface area contributed by atoms with Crippen LogP contribution in [0.15, 0.2) is 0 Å². The molecule has 0 aromatic rings. The van der Waals surface area contributed by atoms with Crippen LogP contribution < -0.4 is 0 Å². The van der Waals surface area contributed by atoms with Crippen molar-refractivity contribution in [3.8, 4) is 0 Å². The van der Waals surface area contributed by atoms with Crippen LogP contribution in [0.4, 0.5) is 26.3 Å². The first-order valence-corrected chi connectivity index (χ1v) is 7.50. The van der Waals surface area contributed by atoms with Gasteiger partial charge >= 0.3 is 24.3 Å². The smallest absolute Gasteiger partial charge is 0.407 e. The molecule has 0 aromatic heterocycles. The number of carbonyl (C=O) groups excluding carboxylic acids is 2. The van der Waals surface area contributed by atoms with Gasteiger partial charge in [-0.1, -0.05) is 6.92 Å². The van der Waals surface area contributed by atoms with Gasteiger partial charge in [-0.25, -0.2) is 0 Å². The first-order valence-electron chi connectivity index (χ1n) is 7.50. The Morgan fingerprint density at radius 1 is 1.28 bits per heavy atom. The number of alkyl halides is 6. The average molecular weight is 376 g/mol. The second-order valence-corrected chi connectivity index (χ2v) is 6.69. The Bertz CT molecular complexity index is 616. The fourth-order valence-corrected chi connectivity index (χ4v) is 3.53. The first-order chi connectivity index (χ1) is 11.3. The van der Waals surface area contributed by atoms with E-state index >= 15 is 0 Å². The molecule has 0 saturated carbocycles. The predicted octanol–water partition coefficient (Wildman–Crippen LogP) is 2.52. The molecule has 3 aliphatic rings. The van der Waals surface area contributed by atoms with Gasteiger partial charge in [-0.05, 0) is 13.3 Å². The first kappa shape index (κ1) is 18.3. The Kier molecular flexibility index (Phi) is 3.67. The lowest BCUT2D eigenvalue weighted by Crippen LogP contribution is -2.53. The van der Waals surface area contributed by atoms with Gasteiger partial charge in [0.05, 0.1) is 0 Å². The highest BCUT2D eigenvalue weighted by Crippen LogP contribution is 2.62. The van der Waals surface area contributed by atoms with E-state index in [0.29, 0.717) is 6.92 Å². The second-order valence-electron chi connectivity index (χ2n) is 6.69. The summed E-state index contributed by atoms with van der Waals surface area (Å²) in [6, 6.07) is 0. The van der Waals surface area contributed by atoms with Crippen molar-refractivity contribution in [1.82, 2.24) is 0 Å². The SMILES string of the molecule is CCC(C)(C(=O)OC1C2CC3(C(F)(F)F)C(=O)OC1C3O2)C(F)(F)F. The van der Waals surface area contributed by atoms with E-state index in [1.807, 2.05) is 0 Å². The third-order valence-electron chi connectivity index (χ3n) is 5.46. The molecule has 0 amide bonds. The zero-order chi connectivity index (χ0) is 19.0. The van der Waals surface area contributed by atoms with Crippen molar-refractivity contribution in [2.24, 2.45) is 10.8 Å². The topological polar surface area (TPSA) is 61.8 Å². The van der Waals surface area contributed by atoms with E-state index in [0.717, 1.165) is 6.92 Å². The second kappa shape index (κ2) is 5.01. The summed E-state index contributed by atoms with van der Waals surface area (Å²) in [5.41, 5.74) is -5.66. The Balaban J connectivity index is 1.83. The highest BCUT2D eigenvalue weighted by atomic mass is 19.4. The van der Waals surface area contributed by atoms with Crippen molar-refractivity contribution in [3.05, 3.63) is 0 Å². The summed E-state index contributed by atoms with van der Waals surface area (Å²) < 4.78 is 93.9. The van der Waals surface area contributed by atoms with Gasteiger partial charge in [-0.3, -0.25) is 9.59 Å². The number of carbonyl (C=O) groups is 2. The van der Waals surface area contributed by atoms with Gasteiger partial charge in [0.25, 0.3) is 0 Å². The maximum absolute atomic E-state index is 13.3. The van der Waals surface area contributed by atoms with E-state index in [-0.39, 0.29) is 0 Å². The lowest BCUT2D eigenvalue weighted by atomic mass is 9.73. The monoisotopic (exact) mass is 376 g/mol. The summed E-state index contributed by atoms with van der Waals surface area (Å²) in [5, 5.41) is 0. The molecular formula is C14H14F6O5. The highest BCUT2D eigenvalue weighted by molar-refractivity contribution is 5.83. The van der Waals surface area contributed by atoms with Crippen molar-refractivity contribution < 1.29 is 50.1 Å². The number of hydrogen-bond donors (Lipinski definition) is 0. The minimum Gasteiger partial charge on any atom is -0.455 e. The number of ether oxygens (including phenoxy) is 3. The molecule has 2 bridgehead atoms. The molecule has 6 unspecified atom stereocenters. The molecular weight excluding hydrogens is 362 g/mol. The molecule has 0 aliphatic carbocycles. The molecule has 6 atom stereocenters. The maximum Gasteiger partial charge on any atom is 0.407 e. The van der Waals surface area contributed by atoms with E-state index in [9.17, 15) is 35.9 Å². The number of hydrogen-bond acceptors (Lipinski definition) is 5. The lowest BCUT2D eigenvalue weighted by Gasteiger charge is -2.33. The molecule has 3 fully saturated rings. The average Bonchev–Trinajstić information content (AvgIpc) is 3.06. The van der Waals surface area contributed by atoms with Gasteiger partial charge in [0, 0.05) is 6.42 Å². The third-order valence-corrected chi connectivity index (χ3v) is 5.46. The van der Waals surface area contributed by atoms with E-state index < -0.39 is 72.4 Å². The van der Waals surface area contributed by atoms with E-state index in [1.165, 1.54) is 0 Å². The highest BCUT2D eigenvalue weighted by Gasteiger charge is 2.82. The third kappa shape index (κ3) is 2.13. The van der Waals surface area contributed by atoms with Crippen molar-refractivity contribution in [1.29, 1.82) is 0 Å². The van der Waals surface area contributed by atoms with Crippen LogP contribution in [-0.2, 0) is 23.8 Å². The number of esters is 2. The van der Waals surface area contributed by atoms with Crippen LogP contribution in [0.5, 0.6) is 0 Å². The van der Waals surface area contributed by atoms with Gasteiger partial charge in [-0.15, -0.1) is 0 Å². The number of fused-ring (bicyclic) bond motifs is 1. The molecule has 11 heteroatoms. The predicted molar refractivity (Wildman–Crippen MR) is 66.0 cm³/mol. The maximum atomic E-state index is 13.3. The summed E-state index contributed by atoms with van der Waals surface area (Å²) in [6.45, 7) is 1.78. The fraction of sp³-hybridized carbons (Fsp3) is 0.857. The molecule has 0 N–H and O–H groups in total. The molecule has 5 nitrogen and oxygen atoms in total. The normalized spacial score (nSPS) is 39.3. The summed E-state index contributed by atoms with van der Waals surface area (Å²) >= 11 is 0. The fourth-order valence-electron chi connectivity index (χ4n) is 3.53. The van der Waals surface area contributed by atoms with Crippen LogP contribution >= 0.6 is 0 Å². The standard InChI is InChI=1S/C14H14F6O5/c1-3-11(2,13(15,16)17)9(21)24-6-5-4-12(14(18,19)20)8(23-5)7(6)25-10(12)22/h5-8H,3-4H2,1-2H3. The molecule has 3 aliphatic heterocycles. The van der Waals surface area contributed by atoms with Crippen LogP contribution in [0.3, 0.4) is 0 Å². The minimum atomic E-state index is -4.93. The van der Waals surface area contributed by atoms with Crippen molar-refractivity contribution in [3.63, 3.8) is 0 Å². The van der Waals surface area contributed by atoms with Crippen molar-refractivity contribution in [2.45, 2.75) is 63.5 Å². The number of rotatable bonds is 3. The van der Waals surface area contributed by atoms with Gasteiger partial charge < -0.3 is 14.2 Å². The van der Waals surface area contributed by atoms with E-state index in [1.54, 1.807) is 0 Å². The summed E-state index contributed by atoms with van der Waals surface area (Å²) in [7, 11) is 0. The van der Waals surface area contributed by atoms with E-state index in [4.69, 9.17) is 9.47 Å². The van der Waals surface area contributed by atoms with Crippen LogP contribution in [0, 0.1) is 10.8 Å². The van der Waals surface area contributed by atoms with Gasteiger partial charge in [0.2, 0.25) is 0 Å². The summed E-state index contributed by atoms with van der Waals surface area (Å²) in [5.74, 6) is -3.19. The zero-order valence-electron chi connectivity index (χ0n) is 13.0. The van der Waals surface area contributed by atoms with Crippen LogP contribution in [-0.4, -0.2) is 48.7 Å². The number of halogens is 6. The van der Waals surface area contributed by atoms with Gasteiger partial charge in [-0.2, -0.15) is 26.3 Å². The summed E-state index contributed by atoms with van der Waals surface area (Å²) in [6.07, 6.45) is -17.4. The molecule has 3 saturated heterocycles. The molecule has 25 heavy (non-hydrogen) atoms. The molecule has 3 rings (SSSR count). The molecule has 0 aromatic carbocycles. The molecule has 142 valence electrons. The van der Waals surface area contributed by atoms with Crippen LogP contribution in [0.1, 0.15) is 26.7 Å². The van der Waals surface area contributed by atoms with Gasteiger partial charge in [0.15, 0.2) is 23.0 Å². The van der Waals surface area contributed by atoms with Crippen molar-refractivity contribution in [2.75, 3.05) is 0 Å². The largest absolute Gasteiger partial charge is 0.455 e. The summed E-state index contributed by atoms with van der Waals surface area (Å²) in [4.78, 5) is 23.8. The molecule has 0 spiro atoms. The Labute approximate surface area is 137 Å². The van der Waals surface area contributed by atoms with Crippen molar-refractivity contribution >= 4 is 11.9 Å². The quantitative estimate of drug-likeness (QED) is 0.560. The Morgan fingerprint density at radius 3 is 2.36 bits per heavy atom. The lowest BCUT2D eigenvalue weighted by molar-refractivity contribution is -0.236.